The van der Waals surface area contributed by atoms with Gasteiger partial charge in [-0.25, -0.2) is 0 Å². The maximum Gasteiger partial charge on any atom is 0.433 e. The fourth-order valence-electron chi connectivity index (χ4n) is 2.09. The zero-order valence-corrected chi connectivity index (χ0v) is 14.3. The van der Waals surface area contributed by atoms with E-state index < -0.39 is 11.9 Å². The maximum absolute atomic E-state index is 12.6. The average Bonchev–Trinajstić information content (AvgIpc) is 2.46. The Kier molecular flexibility index (Phi) is 5.11. The number of pyridine rings is 1. The molecule has 0 atom stereocenters. The molecular weight excluding hydrogens is 341 g/mol. The number of benzene rings is 1. The van der Waals surface area contributed by atoms with Gasteiger partial charge in [-0.1, -0.05) is 17.7 Å². The van der Waals surface area contributed by atoms with Gasteiger partial charge in [-0.2, -0.15) is 13.2 Å². The normalized spacial score (nSPS) is 12.5. The molecule has 1 aromatic heterocycles. The van der Waals surface area contributed by atoms with Crippen LogP contribution in [0.1, 0.15) is 32.0 Å². The van der Waals surface area contributed by atoms with E-state index in [0.29, 0.717) is 28.3 Å². The van der Waals surface area contributed by atoms with Gasteiger partial charge in [0.2, 0.25) is 0 Å². The zero-order chi connectivity index (χ0) is 18.1. The van der Waals surface area contributed by atoms with E-state index in [0.717, 1.165) is 12.3 Å². The number of halogens is 4. The van der Waals surface area contributed by atoms with Crippen LogP contribution in [0.4, 0.5) is 13.2 Å². The van der Waals surface area contributed by atoms with Crippen molar-refractivity contribution in [2.45, 2.75) is 39.0 Å². The highest BCUT2D eigenvalue weighted by atomic mass is 35.5. The summed E-state index contributed by atoms with van der Waals surface area (Å²) in [4.78, 5) is 3.42. The number of hydrogen-bond acceptors (Lipinski definition) is 3. The van der Waals surface area contributed by atoms with E-state index in [4.69, 9.17) is 11.6 Å². The van der Waals surface area contributed by atoms with Gasteiger partial charge in [-0.05, 0) is 39.0 Å². The molecule has 0 bridgehead atoms. The molecule has 7 heteroatoms. The minimum Gasteiger partial charge on any atom is -0.507 e. The minimum absolute atomic E-state index is 0.0299. The van der Waals surface area contributed by atoms with Crippen molar-refractivity contribution >= 4 is 11.6 Å². The van der Waals surface area contributed by atoms with Crippen molar-refractivity contribution in [1.29, 1.82) is 0 Å². The fraction of sp³-hybridized carbons (Fsp3) is 0.353. The van der Waals surface area contributed by atoms with Crippen LogP contribution in [-0.2, 0) is 12.7 Å². The van der Waals surface area contributed by atoms with E-state index in [2.05, 4.69) is 10.3 Å². The molecule has 0 radical (unpaired) electrons. The number of aromatic nitrogens is 1. The molecule has 0 fully saturated rings. The summed E-state index contributed by atoms with van der Waals surface area (Å²) in [5.41, 5.74) is 0.120. The predicted octanol–water partition coefficient (Wildman–Crippen LogP) is 5.01. The molecule has 0 amide bonds. The van der Waals surface area contributed by atoms with E-state index in [1.54, 1.807) is 6.07 Å². The maximum atomic E-state index is 12.6. The van der Waals surface area contributed by atoms with Crippen LogP contribution in [0.25, 0.3) is 11.1 Å². The second-order valence-corrected chi connectivity index (χ2v) is 6.93. The SMILES string of the molecule is CC(C)(C)NCc1cc(Cl)cc(-c2ccc(C(F)(F)F)nc2)c1O. The molecule has 0 saturated heterocycles. The van der Waals surface area contributed by atoms with Crippen LogP contribution in [0.2, 0.25) is 5.02 Å². The zero-order valence-electron chi connectivity index (χ0n) is 13.5. The Labute approximate surface area is 143 Å². The molecular formula is C17H18ClF3N2O. The van der Waals surface area contributed by atoms with Crippen molar-refractivity contribution in [3.05, 3.63) is 46.7 Å². The van der Waals surface area contributed by atoms with Gasteiger partial charge in [0.25, 0.3) is 0 Å². The van der Waals surface area contributed by atoms with Gasteiger partial charge in [0.15, 0.2) is 0 Å². The summed E-state index contributed by atoms with van der Waals surface area (Å²) in [5, 5.41) is 14.1. The molecule has 0 aliphatic carbocycles. The van der Waals surface area contributed by atoms with Crippen LogP contribution in [-0.4, -0.2) is 15.6 Å². The van der Waals surface area contributed by atoms with Crippen LogP contribution in [0.3, 0.4) is 0 Å². The first-order valence-electron chi connectivity index (χ1n) is 7.27. The predicted molar refractivity (Wildman–Crippen MR) is 87.9 cm³/mol. The Morgan fingerprint density at radius 2 is 1.83 bits per heavy atom. The van der Waals surface area contributed by atoms with E-state index in [1.807, 2.05) is 20.8 Å². The lowest BCUT2D eigenvalue weighted by atomic mass is 10.0. The number of rotatable bonds is 3. The lowest BCUT2D eigenvalue weighted by Crippen LogP contribution is -2.35. The first kappa shape index (κ1) is 18.5. The first-order valence-corrected chi connectivity index (χ1v) is 7.65. The number of nitrogens with zero attached hydrogens (tertiary/aromatic N) is 1. The van der Waals surface area contributed by atoms with Gasteiger partial charge >= 0.3 is 6.18 Å². The Morgan fingerprint density at radius 1 is 1.17 bits per heavy atom. The van der Waals surface area contributed by atoms with Crippen molar-refractivity contribution in [3.63, 3.8) is 0 Å². The number of phenols is 1. The standard InChI is InChI=1S/C17H18ClF3N2O/c1-16(2,3)23-9-11-6-12(18)7-13(15(11)24)10-4-5-14(22-8-10)17(19,20)21/h4-8,23-24H,9H2,1-3H3. The second-order valence-electron chi connectivity index (χ2n) is 6.49. The Balaban J connectivity index is 2.38. The molecule has 1 heterocycles. The summed E-state index contributed by atoms with van der Waals surface area (Å²) in [6.07, 6.45) is -3.42. The third kappa shape index (κ3) is 4.61. The largest absolute Gasteiger partial charge is 0.507 e. The summed E-state index contributed by atoms with van der Waals surface area (Å²) in [6.45, 7) is 6.32. The molecule has 0 aliphatic heterocycles. The van der Waals surface area contributed by atoms with E-state index in [1.165, 1.54) is 12.1 Å². The summed E-state index contributed by atoms with van der Waals surface area (Å²) < 4.78 is 37.8. The van der Waals surface area contributed by atoms with Crippen LogP contribution in [0, 0.1) is 0 Å². The third-order valence-corrected chi connectivity index (χ3v) is 3.55. The highest BCUT2D eigenvalue weighted by Gasteiger charge is 2.32. The molecule has 2 aromatic rings. The van der Waals surface area contributed by atoms with E-state index in [-0.39, 0.29) is 11.3 Å². The highest BCUT2D eigenvalue weighted by Crippen LogP contribution is 2.36. The Morgan fingerprint density at radius 3 is 2.33 bits per heavy atom. The summed E-state index contributed by atoms with van der Waals surface area (Å²) in [6, 6.07) is 5.27. The molecule has 24 heavy (non-hydrogen) atoms. The number of alkyl halides is 3. The van der Waals surface area contributed by atoms with Crippen molar-refractivity contribution in [2.75, 3.05) is 0 Å². The number of phenolic OH excluding ortho intramolecular Hbond substituents is 1. The van der Waals surface area contributed by atoms with Gasteiger partial charge in [-0.15, -0.1) is 0 Å². The fourth-order valence-corrected chi connectivity index (χ4v) is 2.33. The second kappa shape index (κ2) is 6.61. The number of aromatic hydroxyl groups is 1. The lowest BCUT2D eigenvalue weighted by molar-refractivity contribution is -0.141. The van der Waals surface area contributed by atoms with Gasteiger partial charge in [-0.3, -0.25) is 4.98 Å². The molecule has 2 N–H and O–H groups in total. The summed E-state index contributed by atoms with van der Waals surface area (Å²) in [7, 11) is 0. The van der Waals surface area contributed by atoms with Crippen molar-refractivity contribution in [1.82, 2.24) is 10.3 Å². The Bertz CT molecular complexity index is 722. The molecule has 1 aromatic carbocycles. The van der Waals surface area contributed by atoms with Crippen molar-refractivity contribution in [3.8, 4) is 16.9 Å². The summed E-state index contributed by atoms with van der Waals surface area (Å²) >= 11 is 6.09. The van der Waals surface area contributed by atoms with Crippen molar-refractivity contribution < 1.29 is 18.3 Å². The van der Waals surface area contributed by atoms with Gasteiger partial charge in [0.1, 0.15) is 11.4 Å². The third-order valence-electron chi connectivity index (χ3n) is 3.33. The molecule has 3 nitrogen and oxygen atoms in total. The quantitative estimate of drug-likeness (QED) is 0.810. The average molecular weight is 359 g/mol. The molecule has 0 saturated carbocycles. The molecule has 0 spiro atoms. The topological polar surface area (TPSA) is 45.2 Å². The lowest BCUT2D eigenvalue weighted by Gasteiger charge is -2.21. The number of nitrogens with one attached hydrogen (secondary N) is 1. The molecule has 2 rings (SSSR count). The highest BCUT2D eigenvalue weighted by molar-refractivity contribution is 6.31. The molecule has 0 unspecified atom stereocenters. The monoisotopic (exact) mass is 358 g/mol. The van der Waals surface area contributed by atoms with Gasteiger partial charge in [0.05, 0.1) is 0 Å². The number of hydrogen-bond donors (Lipinski definition) is 2. The van der Waals surface area contributed by atoms with Gasteiger partial charge in [0, 0.05) is 40.0 Å². The van der Waals surface area contributed by atoms with Gasteiger partial charge < -0.3 is 10.4 Å². The minimum atomic E-state index is -4.50. The van der Waals surface area contributed by atoms with Crippen molar-refractivity contribution in [2.24, 2.45) is 0 Å². The first-order chi connectivity index (χ1) is 11.0. The van der Waals surface area contributed by atoms with E-state index in [9.17, 15) is 18.3 Å². The van der Waals surface area contributed by atoms with E-state index >= 15 is 0 Å². The van der Waals surface area contributed by atoms with Crippen LogP contribution >= 0.6 is 11.6 Å². The Hall–Kier alpha value is -1.79. The smallest absolute Gasteiger partial charge is 0.433 e. The van der Waals surface area contributed by atoms with Crippen LogP contribution < -0.4 is 5.32 Å². The molecule has 130 valence electrons. The molecule has 0 aliphatic rings. The van der Waals surface area contributed by atoms with Crippen LogP contribution in [0.15, 0.2) is 30.5 Å². The summed E-state index contributed by atoms with van der Waals surface area (Å²) in [5.74, 6) is -0.0299. The van der Waals surface area contributed by atoms with Crippen LogP contribution in [0.5, 0.6) is 5.75 Å².